The molecule has 0 saturated carbocycles. The number of carbonyl (C=O) groups is 1. The van der Waals surface area contributed by atoms with E-state index in [1.807, 2.05) is 11.8 Å². The fourth-order valence-corrected chi connectivity index (χ4v) is 0.851. The predicted molar refractivity (Wildman–Crippen MR) is 34.5 cm³/mol. The number of likely N-dealkylation sites (N-methyl/N-ethyl adjacent to an activating group) is 1. The van der Waals surface area contributed by atoms with Crippen LogP contribution in [0, 0.1) is 0 Å². The molecule has 0 aromatic rings. The summed E-state index contributed by atoms with van der Waals surface area (Å²) in [6.45, 7) is 6.95. The minimum atomic E-state index is 0.0434. The Morgan fingerprint density at radius 1 is 1.89 bits per heavy atom. The highest BCUT2D eigenvalue weighted by atomic mass is 16.2. The van der Waals surface area contributed by atoms with E-state index >= 15 is 0 Å². The molecule has 9 heavy (non-hydrogen) atoms. The van der Waals surface area contributed by atoms with Crippen LogP contribution in [0.4, 0.5) is 0 Å². The first kappa shape index (κ1) is 6.13. The van der Waals surface area contributed by atoms with Gasteiger partial charge < -0.3 is 10.2 Å². The van der Waals surface area contributed by atoms with E-state index in [0.29, 0.717) is 6.54 Å². The second-order valence-corrected chi connectivity index (χ2v) is 2.01. The number of nitrogens with zero attached hydrogens (tertiary/aromatic N) is 1. The molecule has 1 saturated heterocycles. The van der Waals surface area contributed by atoms with E-state index in [9.17, 15) is 4.79 Å². The van der Waals surface area contributed by atoms with Gasteiger partial charge in [0, 0.05) is 6.54 Å². The summed E-state index contributed by atoms with van der Waals surface area (Å²) < 4.78 is 0. The van der Waals surface area contributed by atoms with Crippen molar-refractivity contribution in [3.8, 4) is 0 Å². The summed E-state index contributed by atoms with van der Waals surface area (Å²) in [7, 11) is 0. The van der Waals surface area contributed by atoms with Crippen molar-refractivity contribution in [3.05, 3.63) is 12.4 Å². The summed E-state index contributed by atoms with van der Waals surface area (Å²) in [5.74, 6) is 0.768. The number of carbonyl (C=O) groups excluding carboxylic acids is 1. The monoisotopic (exact) mass is 126 g/mol. The van der Waals surface area contributed by atoms with E-state index in [2.05, 4.69) is 11.9 Å². The lowest BCUT2D eigenvalue weighted by Gasteiger charge is -2.11. The molecule has 50 valence electrons. The third kappa shape index (κ3) is 1.04. The van der Waals surface area contributed by atoms with E-state index in [0.717, 1.165) is 12.4 Å². The minimum absolute atomic E-state index is 0.0434. The number of nitrogens with one attached hydrogen (secondary N) is 1. The zero-order chi connectivity index (χ0) is 6.85. The van der Waals surface area contributed by atoms with Crippen molar-refractivity contribution in [1.29, 1.82) is 0 Å². The SMILES string of the molecule is C=C1NC(=O)CN1CC. The molecule has 3 nitrogen and oxygen atoms in total. The highest BCUT2D eigenvalue weighted by molar-refractivity contribution is 5.82. The summed E-state index contributed by atoms with van der Waals surface area (Å²) in [5, 5.41) is 2.61. The lowest BCUT2D eigenvalue weighted by molar-refractivity contribution is -0.118. The molecular formula is C6H10N2O. The Morgan fingerprint density at radius 3 is 2.78 bits per heavy atom. The van der Waals surface area contributed by atoms with Gasteiger partial charge in [-0.1, -0.05) is 6.58 Å². The quantitative estimate of drug-likeness (QED) is 0.532. The van der Waals surface area contributed by atoms with Crippen LogP contribution in [0.3, 0.4) is 0 Å². The van der Waals surface area contributed by atoms with Crippen LogP contribution in [0.1, 0.15) is 6.92 Å². The molecule has 1 aliphatic rings. The lowest BCUT2D eigenvalue weighted by atomic mass is 10.5. The lowest BCUT2D eigenvalue weighted by Crippen LogP contribution is -2.18. The van der Waals surface area contributed by atoms with Crippen molar-refractivity contribution in [2.45, 2.75) is 6.92 Å². The van der Waals surface area contributed by atoms with Crippen LogP contribution in [0.5, 0.6) is 0 Å². The Kier molecular flexibility index (Phi) is 1.42. The van der Waals surface area contributed by atoms with Gasteiger partial charge in [0.15, 0.2) is 0 Å². The Morgan fingerprint density at radius 2 is 2.56 bits per heavy atom. The van der Waals surface area contributed by atoms with Gasteiger partial charge in [-0.15, -0.1) is 0 Å². The summed E-state index contributed by atoms with van der Waals surface area (Å²) >= 11 is 0. The molecule has 1 fully saturated rings. The first-order valence-electron chi connectivity index (χ1n) is 2.97. The van der Waals surface area contributed by atoms with Crippen LogP contribution >= 0.6 is 0 Å². The van der Waals surface area contributed by atoms with Crippen molar-refractivity contribution in [2.75, 3.05) is 13.1 Å². The Labute approximate surface area is 54.3 Å². The normalized spacial score (nSPS) is 18.6. The number of hydrogen-bond acceptors (Lipinski definition) is 2. The maximum Gasteiger partial charge on any atom is 0.245 e. The Balaban J connectivity index is 2.58. The molecule has 1 heterocycles. The molecule has 3 heteroatoms. The molecule has 0 atom stereocenters. The van der Waals surface area contributed by atoms with Gasteiger partial charge in [0.05, 0.1) is 6.54 Å². The van der Waals surface area contributed by atoms with E-state index in [-0.39, 0.29) is 5.91 Å². The molecule has 1 amide bonds. The van der Waals surface area contributed by atoms with Crippen molar-refractivity contribution >= 4 is 5.91 Å². The molecular weight excluding hydrogens is 116 g/mol. The topological polar surface area (TPSA) is 32.3 Å². The van der Waals surface area contributed by atoms with Gasteiger partial charge in [-0.25, -0.2) is 0 Å². The van der Waals surface area contributed by atoms with Crippen LogP contribution in [-0.4, -0.2) is 23.9 Å². The highest BCUT2D eigenvalue weighted by Crippen LogP contribution is 2.03. The number of hydrogen-bond donors (Lipinski definition) is 1. The van der Waals surface area contributed by atoms with E-state index in [1.165, 1.54) is 0 Å². The van der Waals surface area contributed by atoms with E-state index in [4.69, 9.17) is 0 Å². The molecule has 1 rings (SSSR count). The fourth-order valence-electron chi connectivity index (χ4n) is 0.851. The number of amides is 1. The van der Waals surface area contributed by atoms with Crippen molar-refractivity contribution < 1.29 is 4.79 Å². The van der Waals surface area contributed by atoms with Gasteiger partial charge in [-0.2, -0.15) is 0 Å². The Hall–Kier alpha value is -0.990. The molecule has 0 aromatic heterocycles. The third-order valence-corrected chi connectivity index (χ3v) is 1.38. The van der Waals surface area contributed by atoms with Crippen LogP contribution in [-0.2, 0) is 4.79 Å². The second kappa shape index (κ2) is 2.09. The first-order chi connectivity index (χ1) is 4.24. The predicted octanol–water partition coefficient (Wildman–Crippen LogP) is -0.0907. The molecule has 1 N–H and O–H groups in total. The van der Waals surface area contributed by atoms with Gasteiger partial charge in [0.2, 0.25) is 5.91 Å². The number of rotatable bonds is 1. The maximum absolute atomic E-state index is 10.6. The first-order valence-corrected chi connectivity index (χ1v) is 2.97. The largest absolute Gasteiger partial charge is 0.350 e. The van der Waals surface area contributed by atoms with E-state index < -0.39 is 0 Å². The smallest absolute Gasteiger partial charge is 0.245 e. The molecule has 0 spiro atoms. The van der Waals surface area contributed by atoms with Crippen LogP contribution < -0.4 is 5.32 Å². The summed E-state index contributed by atoms with van der Waals surface area (Å²) in [6.07, 6.45) is 0. The van der Waals surface area contributed by atoms with Crippen molar-refractivity contribution in [3.63, 3.8) is 0 Å². The summed E-state index contributed by atoms with van der Waals surface area (Å²) in [4.78, 5) is 12.5. The molecule has 0 aromatic carbocycles. The molecule has 1 aliphatic heterocycles. The molecule has 0 bridgehead atoms. The van der Waals surface area contributed by atoms with Gasteiger partial charge >= 0.3 is 0 Å². The van der Waals surface area contributed by atoms with Gasteiger partial charge in [0.1, 0.15) is 5.82 Å². The average Bonchev–Trinajstić information content (AvgIpc) is 2.10. The highest BCUT2D eigenvalue weighted by Gasteiger charge is 2.18. The van der Waals surface area contributed by atoms with Crippen molar-refractivity contribution in [2.24, 2.45) is 0 Å². The maximum atomic E-state index is 10.6. The zero-order valence-corrected chi connectivity index (χ0v) is 5.48. The minimum Gasteiger partial charge on any atom is -0.350 e. The second-order valence-electron chi connectivity index (χ2n) is 2.01. The van der Waals surface area contributed by atoms with Crippen molar-refractivity contribution in [1.82, 2.24) is 10.2 Å². The zero-order valence-electron chi connectivity index (χ0n) is 5.48. The van der Waals surface area contributed by atoms with Gasteiger partial charge in [-0.3, -0.25) is 4.79 Å². The molecule has 0 unspecified atom stereocenters. The van der Waals surface area contributed by atoms with Gasteiger partial charge in [-0.05, 0) is 6.92 Å². The van der Waals surface area contributed by atoms with Crippen LogP contribution in [0.2, 0.25) is 0 Å². The average molecular weight is 126 g/mol. The Bertz CT molecular complexity index is 153. The summed E-state index contributed by atoms with van der Waals surface area (Å²) in [5.41, 5.74) is 0. The summed E-state index contributed by atoms with van der Waals surface area (Å²) in [6, 6.07) is 0. The standard InChI is InChI=1S/C6H10N2O/c1-3-8-4-6(9)7-5(8)2/h2-4H2,1H3,(H,7,9). The fraction of sp³-hybridized carbons (Fsp3) is 0.500. The van der Waals surface area contributed by atoms with Crippen LogP contribution in [0.25, 0.3) is 0 Å². The molecule has 0 radical (unpaired) electrons. The van der Waals surface area contributed by atoms with Crippen LogP contribution in [0.15, 0.2) is 12.4 Å². The van der Waals surface area contributed by atoms with E-state index in [1.54, 1.807) is 0 Å². The van der Waals surface area contributed by atoms with Gasteiger partial charge in [0.25, 0.3) is 0 Å². The molecule has 0 aliphatic carbocycles. The third-order valence-electron chi connectivity index (χ3n) is 1.38.